The highest BCUT2D eigenvalue weighted by atomic mass is 32.1. The third kappa shape index (κ3) is 4.87. The van der Waals surface area contributed by atoms with E-state index in [0.29, 0.717) is 16.8 Å². The average molecular weight is 394 g/mol. The molecular weight excluding hydrogens is 370 g/mol. The van der Waals surface area contributed by atoms with Crippen molar-refractivity contribution in [1.29, 1.82) is 0 Å². The smallest absolute Gasteiger partial charge is 0.240 e. The summed E-state index contributed by atoms with van der Waals surface area (Å²) in [4.78, 5) is 37.4. The normalized spacial score (nSPS) is 17.9. The van der Waals surface area contributed by atoms with E-state index in [2.05, 4.69) is 20.6 Å². The molecule has 7 nitrogen and oxygen atoms in total. The van der Waals surface area contributed by atoms with Gasteiger partial charge < -0.3 is 10.6 Å². The summed E-state index contributed by atoms with van der Waals surface area (Å²) in [7, 11) is 0. The van der Waals surface area contributed by atoms with Crippen molar-refractivity contribution in [2.75, 3.05) is 30.3 Å². The van der Waals surface area contributed by atoms with Crippen LogP contribution in [0.3, 0.4) is 0 Å². The van der Waals surface area contributed by atoms with E-state index in [9.17, 15) is 9.59 Å². The average Bonchev–Trinajstić information content (AvgIpc) is 3.12. The van der Waals surface area contributed by atoms with Crippen molar-refractivity contribution in [3.8, 4) is 0 Å². The van der Waals surface area contributed by atoms with E-state index in [4.69, 9.17) is 0 Å². The zero-order valence-corrected chi connectivity index (χ0v) is 16.8. The number of nitrogens with one attached hydrogen (secondary N) is 2. The molecule has 9 heteroatoms. The van der Waals surface area contributed by atoms with Crippen LogP contribution in [0.15, 0.2) is 6.20 Å². The topological polar surface area (TPSA) is 87.2 Å². The standard InChI is InChI=1S/C17H23N5O2S2/c1-10-7-18-16(25-10)21-15(24)13-5-4-6-22(8-13)9-14(23)20-17-19-11(2)12(3)26-17/h7,13H,4-6,8-9H2,1-3H3,(H,18,21,24)(H,19,20,23). The maximum Gasteiger partial charge on any atom is 0.240 e. The molecule has 0 aliphatic carbocycles. The van der Waals surface area contributed by atoms with E-state index < -0.39 is 0 Å². The maximum atomic E-state index is 12.5. The lowest BCUT2D eigenvalue weighted by atomic mass is 9.97. The largest absolute Gasteiger partial charge is 0.302 e. The minimum atomic E-state index is -0.120. The number of likely N-dealkylation sites (tertiary alicyclic amines) is 1. The van der Waals surface area contributed by atoms with Crippen LogP contribution < -0.4 is 10.6 Å². The van der Waals surface area contributed by atoms with Crippen molar-refractivity contribution in [3.05, 3.63) is 21.6 Å². The van der Waals surface area contributed by atoms with Gasteiger partial charge >= 0.3 is 0 Å². The molecule has 3 heterocycles. The number of piperidine rings is 1. The molecule has 2 amide bonds. The van der Waals surface area contributed by atoms with Crippen LogP contribution in [0.4, 0.5) is 10.3 Å². The zero-order valence-electron chi connectivity index (χ0n) is 15.2. The fourth-order valence-electron chi connectivity index (χ4n) is 2.92. The Morgan fingerprint density at radius 1 is 1.23 bits per heavy atom. The fourth-order valence-corrected chi connectivity index (χ4v) is 4.42. The first-order valence-electron chi connectivity index (χ1n) is 8.60. The van der Waals surface area contributed by atoms with Gasteiger partial charge in [0.2, 0.25) is 11.8 Å². The van der Waals surface area contributed by atoms with Crippen LogP contribution in [0.5, 0.6) is 0 Å². The number of anilines is 2. The predicted octanol–water partition coefficient (Wildman–Crippen LogP) is 2.81. The second-order valence-corrected chi connectivity index (χ2v) is 8.99. The Bertz CT molecular complexity index is 781. The van der Waals surface area contributed by atoms with Gasteiger partial charge in [-0.15, -0.1) is 22.7 Å². The van der Waals surface area contributed by atoms with E-state index >= 15 is 0 Å². The summed E-state index contributed by atoms with van der Waals surface area (Å²) in [5.41, 5.74) is 0.942. The van der Waals surface area contributed by atoms with Crippen molar-refractivity contribution in [1.82, 2.24) is 14.9 Å². The summed E-state index contributed by atoms with van der Waals surface area (Å²) < 4.78 is 0. The number of thiazole rings is 2. The lowest BCUT2D eigenvalue weighted by Gasteiger charge is -2.31. The van der Waals surface area contributed by atoms with Crippen molar-refractivity contribution >= 4 is 44.8 Å². The maximum absolute atomic E-state index is 12.5. The van der Waals surface area contributed by atoms with Crippen LogP contribution in [0, 0.1) is 26.7 Å². The summed E-state index contributed by atoms with van der Waals surface area (Å²) in [5, 5.41) is 7.01. The van der Waals surface area contributed by atoms with Crippen molar-refractivity contribution in [2.24, 2.45) is 5.92 Å². The summed E-state index contributed by atoms with van der Waals surface area (Å²) in [5.74, 6) is -0.226. The SMILES string of the molecule is Cc1cnc(NC(=O)C2CCCN(CC(=O)Nc3nc(C)c(C)s3)C2)s1. The molecule has 0 bridgehead atoms. The summed E-state index contributed by atoms with van der Waals surface area (Å²) in [6.45, 7) is 7.56. The van der Waals surface area contributed by atoms with Crippen LogP contribution in [0.2, 0.25) is 0 Å². The van der Waals surface area contributed by atoms with Crippen molar-refractivity contribution in [2.45, 2.75) is 33.6 Å². The Morgan fingerprint density at radius 2 is 2.04 bits per heavy atom. The molecule has 1 aliphatic heterocycles. The first-order chi connectivity index (χ1) is 12.4. The van der Waals surface area contributed by atoms with Gasteiger partial charge in [0.25, 0.3) is 0 Å². The molecule has 0 spiro atoms. The third-order valence-corrected chi connectivity index (χ3v) is 6.19. The highest BCUT2D eigenvalue weighted by molar-refractivity contribution is 7.16. The molecule has 2 N–H and O–H groups in total. The number of amides is 2. The molecule has 1 unspecified atom stereocenters. The van der Waals surface area contributed by atoms with Gasteiger partial charge in [-0.3, -0.25) is 14.5 Å². The van der Waals surface area contributed by atoms with Crippen LogP contribution in [0.1, 0.15) is 28.3 Å². The first-order valence-corrected chi connectivity index (χ1v) is 10.2. The van der Waals surface area contributed by atoms with E-state index in [1.165, 1.54) is 22.7 Å². The Labute approximate surface area is 160 Å². The van der Waals surface area contributed by atoms with Gasteiger partial charge in [-0.25, -0.2) is 9.97 Å². The molecule has 0 aromatic carbocycles. The quantitative estimate of drug-likeness (QED) is 0.816. The summed E-state index contributed by atoms with van der Waals surface area (Å²) in [6, 6.07) is 0. The Kier molecular flexibility index (Phi) is 6.00. The molecule has 1 saturated heterocycles. The molecule has 0 radical (unpaired) electrons. The highest BCUT2D eigenvalue weighted by Crippen LogP contribution is 2.23. The number of hydrogen-bond acceptors (Lipinski definition) is 7. The van der Waals surface area contributed by atoms with E-state index in [1.54, 1.807) is 6.20 Å². The Balaban J connectivity index is 1.51. The Hall–Kier alpha value is -1.84. The van der Waals surface area contributed by atoms with Crippen LogP contribution in [0.25, 0.3) is 0 Å². The van der Waals surface area contributed by atoms with Crippen LogP contribution in [-0.4, -0.2) is 46.3 Å². The molecule has 140 valence electrons. The van der Waals surface area contributed by atoms with Crippen molar-refractivity contribution < 1.29 is 9.59 Å². The number of carbonyl (C=O) groups excluding carboxylic acids is 2. The molecule has 1 atom stereocenters. The van der Waals surface area contributed by atoms with Crippen molar-refractivity contribution in [3.63, 3.8) is 0 Å². The lowest BCUT2D eigenvalue weighted by molar-refractivity contribution is -0.123. The summed E-state index contributed by atoms with van der Waals surface area (Å²) in [6.07, 6.45) is 3.48. The van der Waals surface area contributed by atoms with Gasteiger partial charge in [-0.1, -0.05) is 0 Å². The van der Waals surface area contributed by atoms with Gasteiger partial charge in [-0.2, -0.15) is 0 Å². The zero-order chi connectivity index (χ0) is 18.7. The molecule has 2 aromatic heterocycles. The van der Waals surface area contributed by atoms with E-state index in [0.717, 1.165) is 34.8 Å². The lowest BCUT2D eigenvalue weighted by Crippen LogP contribution is -2.43. The molecule has 1 fully saturated rings. The number of aromatic nitrogens is 2. The van der Waals surface area contributed by atoms with Gasteiger partial charge in [0.15, 0.2) is 10.3 Å². The predicted molar refractivity (Wildman–Crippen MR) is 105 cm³/mol. The minimum absolute atomic E-state index is 0.0179. The second-order valence-electron chi connectivity index (χ2n) is 6.55. The molecule has 2 aromatic rings. The van der Waals surface area contributed by atoms with E-state index in [-0.39, 0.29) is 24.3 Å². The molecule has 26 heavy (non-hydrogen) atoms. The second kappa shape index (κ2) is 8.24. The van der Waals surface area contributed by atoms with E-state index in [1.807, 2.05) is 25.7 Å². The Morgan fingerprint density at radius 3 is 2.69 bits per heavy atom. The number of carbonyl (C=O) groups is 2. The van der Waals surface area contributed by atoms with Crippen LogP contribution in [-0.2, 0) is 9.59 Å². The number of hydrogen-bond donors (Lipinski definition) is 2. The van der Waals surface area contributed by atoms with Gasteiger partial charge in [0.05, 0.1) is 18.2 Å². The molecule has 0 saturated carbocycles. The minimum Gasteiger partial charge on any atom is -0.302 e. The van der Waals surface area contributed by atoms with Gasteiger partial charge in [-0.05, 0) is 40.2 Å². The third-order valence-electron chi connectivity index (χ3n) is 4.37. The first kappa shape index (κ1) is 18.9. The summed E-state index contributed by atoms with van der Waals surface area (Å²) >= 11 is 2.95. The fraction of sp³-hybridized carbons (Fsp3) is 0.529. The van der Waals surface area contributed by atoms with Gasteiger partial charge in [0.1, 0.15) is 0 Å². The van der Waals surface area contributed by atoms with Gasteiger partial charge in [0, 0.05) is 22.5 Å². The highest BCUT2D eigenvalue weighted by Gasteiger charge is 2.27. The molecular formula is C17H23N5O2S2. The van der Waals surface area contributed by atoms with Crippen LogP contribution >= 0.6 is 22.7 Å². The molecule has 3 rings (SSSR count). The molecule has 1 aliphatic rings. The monoisotopic (exact) mass is 393 g/mol. The number of nitrogens with zero attached hydrogens (tertiary/aromatic N) is 3. The number of aryl methyl sites for hydroxylation is 3. The number of rotatable bonds is 5.